The molecule has 2 saturated heterocycles. The topological polar surface area (TPSA) is 28.1 Å². The molecular weight excluding hydrogens is 438 g/mol. The smallest absolute Gasteiger partial charge is 0.128 e. The summed E-state index contributed by atoms with van der Waals surface area (Å²) in [5.41, 5.74) is 0.864. The quantitative estimate of drug-likeness (QED) is 0.538. The predicted octanol–water partition coefficient (Wildman–Crippen LogP) is 5.58. The van der Waals surface area contributed by atoms with Crippen LogP contribution >= 0.6 is 23.8 Å². The predicted molar refractivity (Wildman–Crippen MR) is 135 cm³/mol. The second kappa shape index (κ2) is 7.76. The number of halogens is 1. The van der Waals surface area contributed by atoms with E-state index in [2.05, 4.69) is 35.8 Å². The van der Waals surface area contributed by atoms with Crippen molar-refractivity contribution in [1.82, 2.24) is 4.90 Å². The molecule has 6 heteroatoms. The highest BCUT2D eigenvalue weighted by Crippen LogP contribution is 2.58. The number of aliphatic imine (C=N–C) groups is 1. The number of hydrogen-bond donors (Lipinski definition) is 0. The Kier molecular flexibility index (Phi) is 5.22. The Morgan fingerprint density at radius 1 is 1.00 bits per heavy atom. The lowest BCUT2D eigenvalue weighted by Gasteiger charge is -2.55. The zero-order valence-corrected chi connectivity index (χ0v) is 20.8. The molecule has 0 aromatic heterocycles. The first-order chi connectivity index (χ1) is 15.4. The zero-order chi connectivity index (χ0) is 22.1. The number of para-hydroxylation sites is 1. The van der Waals surface area contributed by atoms with Gasteiger partial charge in [-0.15, -0.1) is 0 Å². The van der Waals surface area contributed by atoms with Crippen molar-refractivity contribution in [3.8, 4) is 0 Å². The third-order valence-electron chi connectivity index (χ3n) is 8.77. The first kappa shape index (κ1) is 21.5. The highest BCUT2D eigenvalue weighted by Gasteiger charge is 2.56. The lowest BCUT2D eigenvalue weighted by Crippen LogP contribution is -2.54. The zero-order valence-electron chi connectivity index (χ0n) is 19.2. The van der Waals surface area contributed by atoms with Crippen LogP contribution in [-0.4, -0.2) is 53.6 Å². The molecule has 1 unspecified atom stereocenters. The van der Waals surface area contributed by atoms with Crippen LogP contribution in [0.2, 0.25) is 5.02 Å². The van der Waals surface area contributed by atoms with E-state index in [9.17, 15) is 0 Å². The molecule has 1 aromatic rings. The van der Waals surface area contributed by atoms with Crippen molar-refractivity contribution in [2.75, 3.05) is 31.2 Å². The van der Waals surface area contributed by atoms with Gasteiger partial charge in [-0.25, -0.2) is 0 Å². The van der Waals surface area contributed by atoms with Gasteiger partial charge in [-0.2, -0.15) is 0 Å². The highest BCUT2D eigenvalue weighted by molar-refractivity contribution is 7.80. The molecule has 1 aromatic carbocycles. The van der Waals surface area contributed by atoms with Crippen molar-refractivity contribution in [3.05, 3.63) is 29.3 Å². The summed E-state index contributed by atoms with van der Waals surface area (Å²) in [6, 6.07) is 8.27. The summed E-state index contributed by atoms with van der Waals surface area (Å²) in [7, 11) is 0. The summed E-state index contributed by atoms with van der Waals surface area (Å²) in [4.78, 5) is 11.5. The number of thiocarbonyl (C=S) groups is 1. The van der Waals surface area contributed by atoms with Crippen molar-refractivity contribution in [3.63, 3.8) is 0 Å². The van der Waals surface area contributed by atoms with Gasteiger partial charge >= 0.3 is 0 Å². The molecule has 4 bridgehead atoms. The summed E-state index contributed by atoms with van der Waals surface area (Å²) >= 11 is 12.9. The van der Waals surface area contributed by atoms with E-state index in [-0.39, 0.29) is 17.0 Å². The maximum absolute atomic E-state index is 6.75. The van der Waals surface area contributed by atoms with Gasteiger partial charge in [0.25, 0.3) is 0 Å². The molecule has 0 radical (unpaired) electrons. The third kappa shape index (κ3) is 3.38. The van der Waals surface area contributed by atoms with Crippen LogP contribution in [-0.2, 0) is 4.74 Å². The number of ether oxygens (including phenoxy) is 1. The van der Waals surface area contributed by atoms with Crippen LogP contribution in [0.25, 0.3) is 0 Å². The number of benzene rings is 1. The van der Waals surface area contributed by atoms with E-state index >= 15 is 0 Å². The van der Waals surface area contributed by atoms with Gasteiger partial charge < -0.3 is 4.74 Å². The van der Waals surface area contributed by atoms with Crippen molar-refractivity contribution in [1.29, 1.82) is 0 Å². The van der Waals surface area contributed by atoms with Gasteiger partial charge in [0.2, 0.25) is 0 Å². The Labute approximate surface area is 202 Å². The summed E-state index contributed by atoms with van der Waals surface area (Å²) in [5.74, 6) is 3.73. The van der Waals surface area contributed by atoms with Gasteiger partial charge in [-0.1, -0.05) is 49.8 Å². The maximum Gasteiger partial charge on any atom is 0.128 e. The summed E-state index contributed by atoms with van der Waals surface area (Å²) in [6.45, 7) is 7.98. The van der Waals surface area contributed by atoms with E-state index in [4.69, 9.17) is 33.5 Å². The molecule has 0 N–H and O–H groups in total. The minimum Gasteiger partial charge on any atom is -0.379 e. The third-order valence-corrected chi connectivity index (χ3v) is 9.80. The largest absolute Gasteiger partial charge is 0.379 e. The number of nitrogens with zero attached hydrogens (tertiary/aromatic N) is 3. The van der Waals surface area contributed by atoms with Crippen LogP contribution in [0.4, 0.5) is 5.69 Å². The Bertz CT molecular complexity index is 919. The second-order valence-corrected chi connectivity index (χ2v) is 12.3. The van der Waals surface area contributed by atoms with Crippen molar-refractivity contribution < 1.29 is 4.74 Å². The molecular formula is C26H34ClN3OS. The van der Waals surface area contributed by atoms with Gasteiger partial charge in [0.05, 0.1) is 40.5 Å². The molecule has 6 aliphatic rings. The summed E-state index contributed by atoms with van der Waals surface area (Å²) in [5, 5.41) is 0.742. The van der Waals surface area contributed by atoms with Crippen molar-refractivity contribution in [2.45, 2.75) is 64.0 Å². The van der Waals surface area contributed by atoms with Crippen molar-refractivity contribution in [2.24, 2.45) is 28.2 Å². The summed E-state index contributed by atoms with van der Waals surface area (Å²) in [6.07, 6.45) is 8.03. The number of anilines is 1. The van der Waals surface area contributed by atoms with Crippen LogP contribution in [0.1, 0.15) is 52.4 Å². The van der Waals surface area contributed by atoms with Crippen molar-refractivity contribution >= 4 is 40.3 Å². The van der Waals surface area contributed by atoms with Gasteiger partial charge in [0, 0.05) is 18.5 Å². The SMILES string of the molecule is CC1(C)C(=S)N(c2ccccc2Cl)C(=NC23CC4CC(CC(C4)C2)C3)C1N1CCOCC1. The standard InChI is InChI=1S/C26H34ClN3OS/c1-25(2)22(29-7-9-31-10-8-29)23(30(24(25)32)21-6-4-3-5-20(21)27)28-26-14-17-11-18(15-26)13-19(12-17)16-26/h3-6,17-19,22H,7-16H2,1-2H3. The molecule has 1 atom stereocenters. The average Bonchev–Trinajstić information content (AvgIpc) is 2.93. The fourth-order valence-electron chi connectivity index (χ4n) is 7.83. The average molecular weight is 472 g/mol. The van der Waals surface area contributed by atoms with Gasteiger partial charge in [0.15, 0.2) is 0 Å². The van der Waals surface area contributed by atoms with Gasteiger partial charge in [-0.3, -0.25) is 14.8 Å². The van der Waals surface area contributed by atoms with Crippen LogP contribution in [0.15, 0.2) is 29.3 Å². The fourth-order valence-corrected chi connectivity index (χ4v) is 8.36. The second-order valence-electron chi connectivity index (χ2n) is 11.5. The Morgan fingerprint density at radius 3 is 2.19 bits per heavy atom. The molecule has 0 spiro atoms. The number of rotatable bonds is 3. The molecule has 32 heavy (non-hydrogen) atoms. The van der Waals surface area contributed by atoms with E-state index < -0.39 is 0 Å². The minimum atomic E-state index is -0.201. The number of hydrogen-bond acceptors (Lipinski definition) is 4. The Hall–Kier alpha value is -1.01. The molecule has 2 aliphatic heterocycles. The Morgan fingerprint density at radius 2 is 1.59 bits per heavy atom. The highest BCUT2D eigenvalue weighted by atomic mass is 35.5. The van der Waals surface area contributed by atoms with E-state index in [0.717, 1.165) is 65.6 Å². The molecule has 4 nitrogen and oxygen atoms in total. The maximum atomic E-state index is 6.75. The van der Waals surface area contributed by atoms with E-state index in [1.807, 2.05) is 12.1 Å². The Balaban J connectivity index is 1.49. The number of amidine groups is 1. The van der Waals surface area contributed by atoms with Crippen LogP contribution in [0.3, 0.4) is 0 Å². The number of morpholine rings is 1. The molecule has 2 heterocycles. The molecule has 4 aliphatic carbocycles. The van der Waals surface area contributed by atoms with Crippen LogP contribution < -0.4 is 4.90 Å². The van der Waals surface area contributed by atoms with Gasteiger partial charge in [0.1, 0.15) is 5.84 Å². The first-order valence-corrected chi connectivity index (χ1v) is 13.2. The molecule has 4 saturated carbocycles. The molecule has 7 rings (SSSR count). The first-order valence-electron chi connectivity index (χ1n) is 12.4. The van der Waals surface area contributed by atoms with Crippen LogP contribution in [0, 0.1) is 23.2 Å². The van der Waals surface area contributed by atoms with E-state index in [0.29, 0.717) is 0 Å². The minimum absolute atomic E-state index is 0.0875. The summed E-state index contributed by atoms with van der Waals surface area (Å²) < 4.78 is 5.71. The fraction of sp³-hybridized carbons (Fsp3) is 0.692. The molecule has 6 fully saturated rings. The van der Waals surface area contributed by atoms with Crippen LogP contribution in [0.5, 0.6) is 0 Å². The lowest BCUT2D eigenvalue weighted by molar-refractivity contribution is -0.000248. The molecule has 0 amide bonds. The monoisotopic (exact) mass is 471 g/mol. The lowest BCUT2D eigenvalue weighted by atomic mass is 9.53. The normalized spacial score (nSPS) is 39.9. The van der Waals surface area contributed by atoms with E-state index in [1.54, 1.807) is 0 Å². The van der Waals surface area contributed by atoms with Gasteiger partial charge in [-0.05, 0) is 68.4 Å². The van der Waals surface area contributed by atoms with E-state index in [1.165, 1.54) is 38.5 Å². The molecule has 172 valence electrons.